The van der Waals surface area contributed by atoms with Crippen LogP contribution >= 0.6 is 0 Å². The van der Waals surface area contributed by atoms with Crippen LogP contribution in [0.1, 0.15) is 41.4 Å². The Balaban J connectivity index is 1.38. The van der Waals surface area contributed by atoms with Gasteiger partial charge in [-0.25, -0.2) is 17.2 Å². The zero-order chi connectivity index (χ0) is 28.6. The highest BCUT2D eigenvalue weighted by molar-refractivity contribution is 7.89. The Morgan fingerprint density at radius 2 is 1.93 bits per heavy atom. The summed E-state index contributed by atoms with van der Waals surface area (Å²) >= 11 is 0. The lowest BCUT2D eigenvalue weighted by molar-refractivity contribution is 0.102. The van der Waals surface area contributed by atoms with Crippen LogP contribution in [0.25, 0.3) is 0 Å². The Labute approximate surface area is 232 Å². The van der Waals surface area contributed by atoms with Crippen LogP contribution in [0, 0.1) is 11.6 Å². The summed E-state index contributed by atoms with van der Waals surface area (Å²) in [5.74, 6) is -2.15. The fourth-order valence-electron chi connectivity index (χ4n) is 5.19. The number of sulfonamides is 1. The molecule has 2 atom stereocenters. The third-order valence-electron chi connectivity index (χ3n) is 7.45. The Morgan fingerprint density at radius 1 is 1.18 bits per heavy atom. The normalized spacial score (nSPS) is 18.3. The summed E-state index contributed by atoms with van der Waals surface area (Å²) in [6.45, 7) is 3.02. The van der Waals surface area contributed by atoms with Crippen LogP contribution in [0.2, 0.25) is 0 Å². The number of anilines is 3. The van der Waals surface area contributed by atoms with E-state index in [1.54, 1.807) is 6.07 Å². The third-order valence-corrected chi connectivity index (χ3v) is 9.28. The summed E-state index contributed by atoms with van der Waals surface area (Å²) in [4.78, 5) is 15.0. The van der Waals surface area contributed by atoms with E-state index in [9.17, 15) is 22.0 Å². The molecule has 1 aromatic heterocycles. The fraction of sp³-hybridized carbons (Fsp3) is 0.407. The molecule has 4 N–H and O–H groups in total. The smallest absolute Gasteiger partial charge is 0.258 e. The molecule has 2 aliphatic heterocycles. The molecule has 2 aliphatic rings. The first-order valence-electron chi connectivity index (χ1n) is 13.2. The summed E-state index contributed by atoms with van der Waals surface area (Å²) < 4.78 is 55.0. The molecule has 3 heterocycles. The van der Waals surface area contributed by atoms with Gasteiger partial charge in [0.2, 0.25) is 10.0 Å². The van der Waals surface area contributed by atoms with E-state index in [0.717, 1.165) is 41.5 Å². The summed E-state index contributed by atoms with van der Waals surface area (Å²) in [5, 5.41) is 16.9. The number of hydrogen-bond donors (Lipinski definition) is 4. The monoisotopic (exact) mass is 573 g/mol. The molecule has 1 amide bonds. The second-order valence-electron chi connectivity index (χ2n) is 10.4. The number of carbonyl (C=O) groups is 1. The Morgan fingerprint density at radius 3 is 2.60 bits per heavy atom. The number of H-pyrrole nitrogens is 1. The summed E-state index contributed by atoms with van der Waals surface area (Å²) in [5.41, 5.74) is 3.21. The molecule has 0 bridgehead atoms. The minimum Gasteiger partial charge on any atom is -0.380 e. The van der Waals surface area contributed by atoms with Crippen LogP contribution in [0.15, 0.2) is 41.3 Å². The van der Waals surface area contributed by atoms with Crippen molar-refractivity contribution in [1.29, 1.82) is 0 Å². The van der Waals surface area contributed by atoms with Gasteiger partial charge in [-0.3, -0.25) is 9.89 Å². The van der Waals surface area contributed by atoms with Gasteiger partial charge in [0.1, 0.15) is 11.6 Å². The number of rotatable bonds is 8. The van der Waals surface area contributed by atoms with E-state index in [4.69, 9.17) is 0 Å². The van der Waals surface area contributed by atoms with Crippen molar-refractivity contribution in [2.24, 2.45) is 0 Å². The maximum atomic E-state index is 13.8. The molecule has 40 heavy (non-hydrogen) atoms. The minimum absolute atomic E-state index is 0.0797. The van der Waals surface area contributed by atoms with E-state index < -0.39 is 32.5 Å². The van der Waals surface area contributed by atoms with Crippen molar-refractivity contribution in [1.82, 2.24) is 19.8 Å². The number of amides is 1. The largest absolute Gasteiger partial charge is 0.380 e. The number of aromatic nitrogens is 2. The standard InChI is InChI=1S/C27H33F2N7O3S/c1-16(23-5-4-9-30-23)31-25-14-19(35(2)3)6-7-21(25)27(37)32-26-22-15-36(10-8-24(22)33-34-26)40(38,39)20-12-17(28)11-18(29)13-20/h6-7,11-14,16,23,30-31H,4-5,8-10,15H2,1-3H3,(H2,32,33,34,37). The van der Waals surface area contributed by atoms with E-state index in [1.165, 1.54) is 0 Å². The Hall–Kier alpha value is -3.55. The van der Waals surface area contributed by atoms with Crippen molar-refractivity contribution in [3.63, 3.8) is 0 Å². The second-order valence-corrected chi connectivity index (χ2v) is 12.4. The molecule has 1 fully saturated rings. The van der Waals surface area contributed by atoms with Gasteiger partial charge in [-0.2, -0.15) is 9.40 Å². The van der Waals surface area contributed by atoms with Crippen molar-refractivity contribution in [2.45, 2.75) is 49.7 Å². The van der Waals surface area contributed by atoms with Crippen LogP contribution in [0.4, 0.5) is 26.0 Å². The van der Waals surface area contributed by atoms with Gasteiger partial charge in [0.15, 0.2) is 5.82 Å². The van der Waals surface area contributed by atoms with Crippen LogP contribution in [0.5, 0.6) is 0 Å². The van der Waals surface area contributed by atoms with Crippen molar-refractivity contribution >= 4 is 33.1 Å². The van der Waals surface area contributed by atoms with Gasteiger partial charge >= 0.3 is 0 Å². The van der Waals surface area contributed by atoms with Crippen molar-refractivity contribution in [2.75, 3.05) is 42.7 Å². The highest BCUT2D eigenvalue weighted by atomic mass is 32.2. The summed E-state index contributed by atoms with van der Waals surface area (Å²) in [6, 6.07) is 8.09. The average molecular weight is 574 g/mol. The highest BCUT2D eigenvalue weighted by Crippen LogP contribution is 2.30. The number of carbonyl (C=O) groups excluding carboxylic acids is 1. The molecule has 2 unspecified atom stereocenters. The summed E-state index contributed by atoms with van der Waals surface area (Å²) in [6.07, 6.45) is 2.45. The van der Waals surface area contributed by atoms with Crippen LogP contribution in [-0.2, 0) is 23.0 Å². The second kappa shape index (κ2) is 11.1. The maximum Gasteiger partial charge on any atom is 0.258 e. The van der Waals surface area contributed by atoms with Crippen LogP contribution < -0.4 is 20.9 Å². The van der Waals surface area contributed by atoms with E-state index in [2.05, 4.69) is 33.1 Å². The molecule has 0 saturated carbocycles. The topological polar surface area (TPSA) is 122 Å². The van der Waals surface area contributed by atoms with E-state index in [0.29, 0.717) is 35.0 Å². The maximum absolute atomic E-state index is 13.8. The lowest BCUT2D eigenvalue weighted by Crippen LogP contribution is -2.38. The molecule has 13 heteroatoms. The number of benzene rings is 2. The molecular formula is C27H33F2N7O3S. The average Bonchev–Trinajstić information content (AvgIpc) is 3.58. The number of nitrogens with zero attached hydrogens (tertiary/aromatic N) is 3. The number of aromatic amines is 1. The highest BCUT2D eigenvalue weighted by Gasteiger charge is 2.32. The third kappa shape index (κ3) is 5.67. The molecule has 5 rings (SSSR count). The molecular weight excluding hydrogens is 540 g/mol. The molecule has 1 saturated heterocycles. The van der Waals surface area contributed by atoms with Gasteiger partial charge in [-0.05, 0) is 56.6 Å². The van der Waals surface area contributed by atoms with Crippen molar-refractivity contribution in [3.8, 4) is 0 Å². The molecule has 0 aliphatic carbocycles. The van der Waals surface area contributed by atoms with Crippen molar-refractivity contribution in [3.05, 3.63) is 64.9 Å². The van der Waals surface area contributed by atoms with Gasteiger partial charge in [0.05, 0.1) is 10.5 Å². The van der Waals surface area contributed by atoms with Gasteiger partial charge < -0.3 is 20.9 Å². The molecule has 0 radical (unpaired) electrons. The lowest BCUT2D eigenvalue weighted by Gasteiger charge is -2.26. The molecule has 3 aromatic rings. The molecule has 2 aromatic carbocycles. The number of fused-ring (bicyclic) bond motifs is 1. The lowest BCUT2D eigenvalue weighted by atomic mass is 10.1. The van der Waals surface area contributed by atoms with Gasteiger partial charge in [0.25, 0.3) is 5.91 Å². The van der Waals surface area contributed by atoms with Crippen molar-refractivity contribution < 1.29 is 22.0 Å². The first-order valence-corrected chi connectivity index (χ1v) is 14.6. The fourth-order valence-corrected chi connectivity index (χ4v) is 6.64. The first-order chi connectivity index (χ1) is 19.0. The molecule has 0 spiro atoms. The minimum atomic E-state index is -4.19. The van der Waals surface area contributed by atoms with Gasteiger partial charge in [-0.1, -0.05) is 0 Å². The van der Waals surface area contributed by atoms with Gasteiger partial charge in [-0.15, -0.1) is 0 Å². The Bertz CT molecular complexity index is 1500. The SMILES string of the molecule is CC(Nc1cc(N(C)C)ccc1C(=O)Nc1n[nH]c2c1CN(S(=O)(=O)c1cc(F)cc(F)c1)CC2)C1CCCN1. The zero-order valence-corrected chi connectivity index (χ0v) is 23.4. The van der Waals surface area contributed by atoms with Crippen LogP contribution in [-0.4, -0.2) is 68.1 Å². The predicted octanol–water partition coefficient (Wildman–Crippen LogP) is 3.31. The van der Waals surface area contributed by atoms with E-state index >= 15 is 0 Å². The molecule has 10 nitrogen and oxygen atoms in total. The zero-order valence-electron chi connectivity index (χ0n) is 22.6. The molecule has 214 valence electrons. The number of hydrogen-bond acceptors (Lipinski definition) is 7. The van der Waals surface area contributed by atoms with E-state index in [1.807, 2.05) is 31.1 Å². The summed E-state index contributed by atoms with van der Waals surface area (Å²) in [7, 11) is -0.337. The predicted molar refractivity (Wildman–Crippen MR) is 149 cm³/mol. The quantitative estimate of drug-likeness (QED) is 0.326. The number of halogens is 2. The number of nitrogens with one attached hydrogen (secondary N) is 4. The van der Waals surface area contributed by atoms with E-state index in [-0.39, 0.29) is 31.0 Å². The van der Waals surface area contributed by atoms with Gasteiger partial charge in [0, 0.05) is 74.4 Å². The van der Waals surface area contributed by atoms with Crippen LogP contribution in [0.3, 0.4) is 0 Å². The first kappa shape index (κ1) is 28.0. The Kier molecular flexibility index (Phi) is 7.80.